The van der Waals surface area contributed by atoms with Crippen molar-refractivity contribution in [2.75, 3.05) is 6.61 Å². The molecule has 0 radical (unpaired) electrons. The van der Waals surface area contributed by atoms with Crippen LogP contribution in [0.1, 0.15) is 38.3 Å². The van der Waals surface area contributed by atoms with Crippen molar-refractivity contribution in [3.63, 3.8) is 0 Å². The molecular formula is C19H27ClN4O4S. The second-order valence-electron chi connectivity index (χ2n) is 7.23. The Hall–Kier alpha value is -1.52. The molecule has 8 nitrogen and oxygen atoms in total. The van der Waals surface area contributed by atoms with Crippen LogP contribution >= 0.6 is 11.6 Å². The van der Waals surface area contributed by atoms with Gasteiger partial charge in [0.05, 0.1) is 35.6 Å². The number of nitrogens with one attached hydrogen (secondary N) is 1. The lowest BCUT2D eigenvalue weighted by atomic mass is 9.98. The summed E-state index contributed by atoms with van der Waals surface area (Å²) in [5, 5.41) is 18.1. The van der Waals surface area contributed by atoms with E-state index in [1.807, 2.05) is 6.20 Å². The van der Waals surface area contributed by atoms with Gasteiger partial charge in [0.1, 0.15) is 4.90 Å². The Morgan fingerprint density at radius 2 is 2.14 bits per heavy atom. The van der Waals surface area contributed by atoms with Gasteiger partial charge < -0.3 is 9.84 Å². The van der Waals surface area contributed by atoms with Gasteiger partial charge in [0.2, 0.25) is 10.0 Å². The van der Waals surface area contributed by atoms with Gasteiger partial charge in [0, 0.05) is 12.7 Å². The minimum Gasteiger partial charge on any atom is -0.394 e. The Morgan fingerprint density at radius 3 is 2.86 bits per heavy atom. The summed E-state index contributed by atoms with van der Waals surface area (Å²) in [7, 11) is -3.80. The summed E-state index contributed by atoms with van der Waals surface area (Å²) in [5.41, 5.74) is 0.972. The SMILES string of the molecule is CCCc1cn(CC[C@@H]2CC[C@H](NS(=O)(=O)c3ccccc3Cl)[C@@H](CO)O2)nn1. The summed E-state index contributed by atoms with van der Waals surface area (Å²) < 4.78 is 35.8. The number of aliphatic hydroxyl groups excluding tert-OH is 1. The fourth-order valence-corrected chi connectivity index (χ4v) is 5.32. The summed E-state index contributed by atoms with van der Waals surface area (Å²) >= 11 is 6.03. The molecule has 160 valence electrons. The van der Waals surface area contributed by atoms with Crippen molar-refractivity contribution in [1.29, 1.82) is 0 Å². The second-order valence-corrected chi connectivity index (χ2v) is 9.32. The first kappa shape index (κ1) is 22.2. The number of benzene rings is 1. The van der Waals surface area contributed by atoms with E-state index in [0.717, 1.165) is 25.0 Å². The quantitative estimate of drug-likeness (QED) is 0.616. The molecule has 1 aromatic heterocycles. The van der Waals surface area contributed by atoms with E-state index in [1.165, 1.54) is 12.1 Å². The number of hydrogen-bond donors (Lipinski definition) is 2. The zero-order valence-corrected chi connectivity index (χ0v) is 17.9. The Kier molecular flexibility index (Phi) is 7.64. The first-order chi connectivity index (χ1) is 13.9. The number of rotatable bonds is 9. The molecule has 1 fully saturated rings. The lowest BCUT2D eigenvalue weighted by Gasteiger charge is -2.36. The molecule has 10 heteroatoms. The van der Waals surface area contributed by atoms with Crippen molar-refractivity contribution in [3.05, 3.63) is 41.2 Å². The average molecular weight is 443 g/mol. The van der Waals surface area contributed by atoms with Gasteiger partial charge in [-0.25, -0.2) is 13.1 Å². The lowest BCUT2D eigenvalue weighted by Crippen LogP contribution is -2.51. The number of ether oxygens (including phenoxy) is 1. The van der Waals surface area contributed by atoms with Crippen LogP contribution in [0.2, 0.25) is 5.02 Å². The van der Waals surface area contributed by atoms with Gasteiger partial charge in [-0.15, -0.1) is 5.10 Å². The minimum absolute atomic E-state index is 0.0227. The molecule has 1 aromatic carbocycles. The van der Waals surface area contributed by atoms with Crippen LogP contribution in [0.5, 0.6) is 0 Å². The van der Waals surface area contributed by atoms with Crippen molar-refractivity contribution in [2.45, 2.75) is 68.7 Å². The van der Waals surface area contributed by atoms with Crippen LogP contribution in [-0.2, 0) is 27.7 Å². The maximum Gasteiger partial charge on any atom is 0.242 e. The molecule has 0 saturated carbocycles. The first-order valence-electron chi connectivity index (χ1n) is 9.85. The molecule has 2 heterocycles. The van der Waals surface area contributed by atoms with Gasteiger partial charge in [-0.05, 0) is 37.8 Å². The van der Waals surface area contributed by atoms with Crippen LogP contribution in [0, 0.1) is 0 Å². The molecule has 0 unspecified atom stereocenters. The fraction of sp³-hybridized carbons (Fsp3) is 0.579. The van der Waals surface area contributed by atoms with E-state index in [-0.39, 0.29) is 22.6 Å². The normalized spacial score (nSPS) is 22.7. The summed E-state index contributed by atoms with van der Waals surface area (Å²) in [6.45, 7) is 2.49. The zero-order chi connectivity index (χ0) is 20.9. The molecule has 0 bridgehead atoms. The lowest BCUT2D eigenvalue weighted by molar-refractivity contribution is -0.0891. The maximum atomic E-state index is 12.7. The summed E-state index contributed by atoms with van der Waals surface area (Å²) in [6, 6.07) is 5.76. The number of nitrogens with zero attached hydrogens (tertiary/aromatic N) is 3. The Morgan fingerprint density at radius 1 is 1.34 bits per heavy atom. The van der Waals surface area contributed by atoms with Gasteiger partial charge in [-0.2, -0.15) is 0 Å². The molecular weight excluding hydrogens is 416 g/mol. The van der Waals surface area contributed by atoms with E-state index in [4.69, 9.17) is 16.3 Å². The van der Waals surface area contributed by atoms with Crippen molar-refractivity contribution in [3.8, 4) is 0 Å². The maximum absolute atomic E-state index is 12.7. The van der Waals surface area contributed by atoms with Crippen LogP contribution in [0.15, 0.2) is 35.4 Å². The molecule has 3 rings (SSSR count). The molecule has 3 atom stereocenters. The van der Waals surface area contributed by atoms with Crippen molar-refractivity contribution < 1.29 is 18.3 Å². The van der Waals surface area contributed by atoms with Gasteiger partial charge in [0.25, 0.3) is 0 Å². The summed E-state index contributed by atoms with van der Waals surface area (Å²) in [4.78, 5) is 0.0227. The Balaban J connectivity index is 1.57. The standard InChI is InChI=1S/C19H27ClN4O4S/c1-2-5-14-12-24(23-21-14)11-10-15-8-9-17(18(13-25)28-15)22-29(26,27)19-7-4-3-6-16(19)20/h3-4,6-7,12,15,17-18,22,25H,2,5,8-11,13H2,1H3/t15-,17-,18+/m0/s1. The number of halogens is 1. The number of sulfonamides is 1. The largest absolute Gasteiger partial charge is 0.394 e. The average Bonchev–Trinajstić information content (AvgIpc) is 3.15. The summed E-state index contributed by atoms with van der Waals surface area (Å²) in [6.07, 6.45) is 5.14. The van der Waals surface area contributed by atoms with E-state index in [0.29, 0.717) is 19.4 Å². The van der Waals surface area contributed by atoms with Gasteiger partial charge in [-0.1, -0.05) is 42.3 Å². The Bertz CT molecular complexity index is 905. The van der Waals surface area contributed by atoms with E-state index in [9.17, 15) is 13.5 Å². The van der Waals surface area contributed by atoms with Crippen LogP contribution in [-0.4, -0.2) is 53.4 Å². The Labute approximate surface area is 176 Å². The highest BCUT2D eigenvalue weighted by Gasteiger charge is 2.34. The molecule has 2 aromatic rings. The third kappa shape index (κ3) is 5.76. The summed E-state index contributed by atoms with van der Waals surface area (Å²) in [5.74, 6) is 0. The third-order valence-corrected chi connectivity index (χ3v) is 6.99. The van der Waals surface area contributed by atoms with Crippen LogP contribution < -0.4 is 4.72 Å². The van der Waals surface area contributed by atoms with Crippen molar-refractivity contribution >= 4 is 21.6 Å². The highest BCUT2D eigenvalue weighted by atomic mass is 35.5. The topological polar surface area (TPSA) is 106 Å². The van der Waals surface area contributed by atoms with Crippen molar-refractivity contribution in [1.82, 2.24) is 19.7 Å². The molecule has 0 spiro atoms. The molecule has 0 amide bonds. The molecule has 2 N–H and O–H groups in total. The monoisotopic (exact) mass is 442 g/mol. The minimum atomic E-state index is -3.80. The fourth-order valence-electron chi connectivity index (χ4n) is 3.50. The molecule has 29 heavy (non-hydrogen) atoms. The number of hydrogen-bond acceptors (Lipinski definition) is 6. The molecule has 1 aliphatic heterocycles. The van der Waals surface area contributed by atoms with Crippen LogP contribution in [0.25, 0.3) is 0 Å². The molecule has 0 aliphatic carbocycles. The highest BCUT2D eigenvalue weighted by Crippen LogP contribution is 2.26. The van der Waals surface area contributed by atoms with Gasteiger partial charge in [0.15, 0.2) is 0 Å². The smallest absolute Gasteiger partial charge is 0.242 e. The van der Waals surface area contributed by atoms with Crippen molar-refractivity contribution in [2.24, 2.45) is 0 Å². The van der Waals surface area contributed by atoms with E-state index in [2.05, 4.69) is 22.0 Å². The predicted octanol–water partition coefficient (Wildman–Crippen LogP) is 2.16. The molecule has 1 aliphatic rings. The van der Waals surface area contributed by atoms with Gasteiger partial charge >= 0.3 is 0 Å². The number of aryl methyl sites for hydroxylation is 2. The van der Waals surface area contributed by atoms with Gasteiger partial charge in [-0.3, -0.25) is 4.68 Å². The second kappa shape index (κ2) is 9.99. The predicted molar refractivity (Wildman–Crippen MR) is 109 cm³/mol. The zero-order valence-electron chi connectivity index (χ0n) is 16.4. The van der Waals surface area contributed by atoms with Crippen LogP contribution in [0.3, 0.4) is 0 Å². The number of aromatic nitrogens is 3. The highest BCUT2D eigenvalue weighted by molar-refractivity contribution is 7.89. The number of aliphatic hydroxyl groups is 1. The first-order valence-corrected chi connectivity index (χ1v) is 11.7. The third-order valence-electron chi connectivity index (χ3n) is 5.00. The van der Waals surface area contributed by atoms with E-state index < -0.39 is 22.2 Å². The van der Waals surface area contributed by atoms with E-state index >= 15 is 0 Å². The molecule has 1 saturated heterocycles. The van der Waals surface area contributed by atoms with E-state index in [1.54, 1.807) is 16.8 Å². The van der Waals surface area contributed by atoms with Crippen LogP contribution in [0.4, 0.5) is 0 Å².